The van der Waals surface area contributed by atoms with Crippen LogP contribution in [0.4, 0.5) is 9.18 Å². The zero-order valence-corrected chi connectivity index (χ0v) is 18.5. The Bertz CT molecular complexity index is 807. The van der Waals surface area contributed by atoms with E-state index >= 15 is 0 Å². The molecule has 0 bridgehead atoms. The number of nitrogens with one attached hydrogen (secondary N) is 2. The maximum Gasteiger partial charge on any atom is 0.404 e. The van der Waals surface area contributed by atoms with Crippen molar-refractivity contribution in [2.75, 3.05) is 39.9 Å². The molecule has 1 aromatic rings. The van der Waals surface area contributed by atoms with Crippen LogP contribution in [0, 0.1) is 5.92 Å². The molecule has 0 radical (unpaired) electrons. The average molecular weight is 458 g/mol. The quantitative estimate of drug-likeness (QED) is 0.518. The molecule has 8 nitrogen and oxygen atoms in total. The molecule has 0 aliphatic carbocycles. The number of ether oxygens (including phenoxy) is 2. The van der Waals surface area contributed by atoms with Crippen molar-refractivity contribution in [1.29, 1.82) is 0 Å². The summed E-state index contributed by atoms with van der Waals surface area (Å²) in [6.07, 6.45) is 0.116. The number of halogens is 2. The van der Waals surface area contributed by atoms with Gasteiger partial charge in [0, 0.05) is 37.4 Å². The third-order valence-corrected chi connectivity index (χ3v) is 6.51. The molecule has 2 heterocycles. The molecule has 0 aromatic heterocycles. The number of carboxylic acid groups (broad SMARTS) is 1. The predicted molar refractivity (Wildman–Crippen MR) is 114 cm³/mol. The minimum atomic E-state index is -1.15. The maximum absolute atomic E-state index is 12.9. The first-order valence-corrected chi connectivity index (χ1v) is 10.8. The van der Waals surface area contributed by atoms with E-state index in [1.165, 1.54) is 0 Å². The molecule has 31 heavy (non-hydrogen) atoms. The van der Waals surface area contributed by atoms with Gasteiger partial charge in [-0.05, 0) is 36.1 Å². The Kier molecular flexibility index (Phi) is 7.83. The van der Waals surface area contributed by atoms with E-state index in [1.54, 1.807) is 14.2 Å². The van der Waals surface area contributed by atoms with Gasteiger partial charge >= 0.3 is 6.09 Å². The first-order chi connectivity index (χ1) is 14.9. The van der Waals surface area contributed by atoms with Gasteiger partial charge in [-0.3, -0.25) is 14.1 Å². The van der Waals surface area contributed by atoms with Crippen LogP contribution in [0.3, 0.4) is 0 Å². The second-order valence-electron chi connectivity index (χ2n) is 8.01. The van der Waals surface area contributed by atoms with E-state index < -0.39 is 30.8 Å². The Balaban J connectivity index is 1.81. The van der Waals surface area contributed by atoms with Crippen molar-refractivity contribution < 1.29 is 28.6 Å². The van der Waals surface area contributed by atoms with Gasteiger partial charge in [0.2, 0.25) is 5.91 Å². The molecule has 1 fully saturated rings. The second kappa shape index (κ2) is 10.4. The monoisotopic (exact) mass is 457 g/mol. The summed E-state index contributed by atoms with van der Waals surface area (Å²) >= 11 is 5.70. The summed E-state index contributed by atoms with van der Waals surface area (Å²) in [5, 5.41) is 14.8. The van der Waals surface area contributed by atoms with Crippen molar-refractivity contribution in [3.8, 4) is 11.5 Å². The van der Waals surface area contributed by atoms with Crippen LogP contribution in [0.1, 0.15) is 30.0 Å². The zero-order chi connectivity index (χ0) is 22.5. The number of amides is 2. The number of alkyl halides is 2. The first kappa shape index (κ1) is 23.4. The highest BCUT2D eigenvalue weighted by molar-refractivity contribution is 6.18. The molecule has 4 atom stereocenters. The van der Waals surface area contributed by atoms with Gasteiger partial charge in [0.15, 0.2) is 11.5 Å². The van der Waals surface area contributed by atoms with Crippen LogP contribution in [-0.4, -0.2) is 74.0 Å². The van der Waals surface area contributed by atoms with Gasteiger partial charge in [0.05, 0.1) is 33.0 Å². The molecule has 172 valence electrons. The number of carbonyl (C=O) groups excluding carboxylic acids is 1. The summed E-state index contributed by atoms with van der Waals surface area (Å²) < 4.78 is 23.8. The fourth-order valence-electron chi connectivity index (χ4n) is 4.50. The molecule has 0 spiro atoms. The highest BCUT2D eigenvalue weighted by atomic mass is 35.5. The molecule has 1 saturated heterocycles. The normalized spacial score (nSPS) is 23.8. The largest absolute Gasteiger partial charge is 0.493 e. The molecule has 10 heteroatoms. The molecule has 2 aliphatic heterocycles. The Labute approximate surface area is 186 Å². The lowest BCUT2D eigenvalue weighted by atomic mass is 9.82. The average Bonchev–Trinajstić information content (AvgIpc) is 2.76. The van der Waals surface area contributed by atoms with Crippen molar-refractivity contribution in [3.05, 3.63) is 23.3 Å². The maximum atomic E-state index is 12.9. The van der Waals surface area contributed by atoms with Crippen molar-refractivity contribution in [3.63, 3.8) is 0 Å². The van der Waals surface area contributed by atoms with Crippen LogP contribution in [0.15, 0.2) is 12.1 Å². The van der Waals surface area contributed by atoms with E-state index in [1.807, 2.05) is 12.1 Å². The molecular weight excluding hydrogens is 429 g/mol. The van der Waals surface area contributed by atoms with E-state index in [4.69, 9.17) is 21.1 Å². The molecule has 3 N–H and O–H groups in total. The summed E-state index contributed by atoms with van der Waals surface area (Å²) in [4.78, 5) is 26.1. The zero-order valence-electron chi connectivity index (χ0n) is 17.7. The summed E-state index contributed by atoms with van der Waals surface area (Å²) in [5.74, 6) is 0.472. The van der Waals surface area contributed by atoms with Crippen LogP contribution in [0.2, 0.25) is 0 Å². The number of fused-ring (bicyclic) bond motifs is 3. The van der Waals surface area contributed by atoms with Crippen LogP contribution < -0.4 is 20.1 Å². The molecule has 1 aromatic carbocycles. The van der Waals surface area contributed by atoms with Gasteiger partial charge in [-0.2, -0.15) is 0 Å². The lowest BCUT2D eigenvalue weighted by molar-refractivity contribution is -0.123. The number of hydrogen-bond acceptors (Lipinski definition) is 5. The molecular formula is C21H29ClFN3O5. The molecule has 2 amide bonds. The standard InChI is InChI=1S/C21H29ClFN3O5/c1-30-18-6-13-3-4-26-11-16(24-20(27)5-12(9-22)10-23)15(25-21(28)29)8-17(26)14(13)7-19(18)31-2/h6-7,12,15-17,25H,3-5,8-11H2,1-2H3,(H,24,27)(H,28,29). The van der Waals surface area contributed by atoms with Crippen molar-refractivity contribution in [1.82, 2.24) is 15.5 Å². The summed E-state index contributed by atoms with van der Waals surface area (Å²) in [6.45, 7) is 0.582. The number of piperidine rings is 1. The third-order valence-electron chi connectivity index (χ3n) is 6.07. The molecule has 3 rings (SSSR count). The fraction of sp³-hybridized carbons (Fsp3) is 0.619. The number of nitrogens with zero attached hydrogens (tertiary/aromatic N) is 1. The molecule has 0 saturated carbocycles. The Hall–Kier alpha value is -2.26. The number of rotatable bonds is 8. The van der Waals surface area contributed by atoms with E-state index in [0.29, 0.717) is 24.5 Å². The number of hydrogen-bond donors (Lipinski definition) is 3. The van der Waals surface area contributed by atoms with Crippen LogP contribution in [-0.2, 0) is 11.2 Å². The predicted octanol–water partition coefficient (Wildman–Crippen LogP) is 2.34. The molecule has 2 aliphatic rings. The third kappa shape index (κ3) is 5.33. The van der Waals surface area contributed by atoms with Crippen molar-refractivity contribution in [2.24, 2.45) is 5.92 Å². The van der Waals surface area contributed by atoms with Crippen LogP contribution >= 0.6 is 11.6 Å². The van der Waals surface area contributed by atoms with Gasteiger partial charge in [-0.1, -0.05) is 0 Å². The minimum absolute atomic E-state index is 0.0185. The Morgan fingerprint density at radius 3 is 2.58 bits per heavy atom. The second-order valence-corrected chi connectivity index (χ2v) is 8.32. The topological polar surface area (TPSA) is 100 Å². The summed E-state index contributed by atoms with van der Waals surface area (Å²) in [6, 6.07) is 3.00. The summed E-state index contributed by atoms with van der Waals surface area (Å²) in [5.41, 5.74) is 2.22. The highest BCUT2D eigenvalue weighted by Crippen LogP contribution is 2.41. The number of carbonyl (C=O) groups is 2. The fourth-order valence-corrected chi connectivity index (χ4v) is 4.69. The number of benzene rings is 1. The van der Waals surface area contributed by atoms with Gasteiger partial charge < -0.3 is 25.2 Å². The SMILES string of the molecule is COc1cc2c(cc1OC)C1CC(NC(=O)O)C(NC(=O)CC(CF)CCl)CN1CC2. The van der Waals surface area contributed by atoms with Crippen molar-refractivity contribution in [2.45, 2.75) is 37.4 Å². The Morgan fingerprint density at radius 2 is 1.97 bits per heavy atom. The summed E-state index contributed by atoms with van der Waals surface area (Å²) in [7, 11) is 3.18. The van der Waals surface area contributed by atoms with Crippen LogP contribution in [0.25, 0.3) is 0 Å². The van der Waals surface area contributed by atoms with Crippen molar-refractivity contribution >= 4 is 23.6 Å². The Morgan fingerprint density at radius 1 is 1.26 bits per heavy atom. The van der Waals surface area contributed by atoms with E-state index in [2.05, 4.69) is 15.5 Å². The van der Waals surface area contributed by atoms with Gasteiger partial charge in [-0.25, -0.2) is 4.79 Å². The van der Waals surface area contributed by atoms with E-state index in [0.717, 1.165) is 24.1 Å². The van der Waals surface area contributed by atoms with E-state index in [9.17, 15) is 19.1 Å². The highest BCUT2D eigenvalue weighted by Gasteiger charge is 2.40. The van der Waals surface area contributed by atoms with Gasteiger partial charge in [0.1, 0.15) is 0 Å². The minimum Gasteiger partial charge on any atom is -0.493 e. The van der Waals surface area contributed by atoms with Crippen LogP contribution in [0.5, 0.6) is 11.5 Å². The van der Waals surface area contributed by atoms with Gasteiger partial charge in [0.25, 0.3) is 0 Å². The lowest BCUT2D eigenvalue weighted by Crippen LogP contribution is -2.62. The lowest BCUT2D eigenvalue weighted by Gasteiger charge is -2.47. The van der Waals surface area contributed by atoms with E-state index in [-0.39, 0.29) is 24.2 Å². The number of methoxy groups -OCH3 is 2. The molecule has 4 unspecified atom stereocenters. The first-order valence-electron chi connectivity index (χ1n) is 10.3. The smallest absolute Gasteiger partial charge is 0.404 e. The van der Waals surface area contributed by atoms with Gasteiger partial charge in [-0.15, -0.1) is 11.6 Å².